The maximum atomic E-state index is 12.5. The van der Waals surface area contributed by atoms with Crippen molar-refractivity contribution in [3.05, 3.63) is 30.0 Å². The zero-order valence-corrected chi connectivity index (χ0v) is 19.0. The Morgan fingerprint density at radius 2 is 1.62 bits per heavy atom. The van der Waals surface area contributed by atoms with Crippen LogP contribution in [0.5, 0.6) is 5.75 Å². The van der Waals surface area contributed by atoms with E-state index in [9.17, 15) is 9.59 Å². The lowest BCUT2D eigenvalue weighted by Gasteiger charge is -2.18. The number of likely N-dealkylation sites (N-methyl/N-ethyl adjacent to an activating group) is 1. The number of benzene rings is 1. The zero-order chi connectivity index (χ0) is 22.0. The lowest BCUT2D eigenvalue weighted by atomic mass is 9.97. The van der Waals surface area contributed by atoms with E-state index in [0.717, 1.165) is 29.4 Å². The van der Waals surface area contributed by atoms with Crippen molar-refractivity contribution >= 4 is 22.8 Å². The number of hydrogen-bond acceptors (Lipinski definition) is 5. The predicted molar refractivity (Wildman–Crippen MR) is 115 cm³/mol. The Hall–Kier alpha value is -2.34. The second-order valence-electron chi connectivity index (χ2n) is 9.78. The first-order valence-electron chi connectivity index (χ1n) is 9.95. The van der Waals surface area contributed by atoms with E-state index in [2.05, 4.69) is 4.90 Å². The van der Waals surface area contributed by atoms with Gasteiger partial charge in [0.1, 0.15) is 5.75 Å². The summed E-state index contributed by atoms with van der Waals surface area (Å²) in [5, 5.41) is 0.888. The van der Waals surface area contributed by atoms with E-state index in [1.807, 2.05) is 84.6 Å². The van der Waals surface area contributed by atoms with Gasteiger partial charge in [0, 0.05) is 18.1 Å². The van der Waals surface area contributed by atoms with Gasteiger partial charge in [-0.2, -0.15) is 0 Å². The van der Waals surface area contributed by atoms with Crippen molar-refractivity contribution < 1.29 is 19.1 Å². The van der Waals surface area contributed by atoms with E-state index in [0.29, 0.717) is 5.75 Å². The Morgan fingerprint density at radius 3 is 2.17 bits per heavy atom. The van der Waals surface area contributed by atoms with Crippen LogP contribution in [0.3, 0.4) is 0 Å². The number of hydrogen-bond donors (Lipinski definition) is 0. The molecule has 0 bridgehead atoms. The quantitative estimate of drug-likeness (QED) is 0.534. The molecule has 29 heavy (non-hydrogen) atoms. The van der Waals surface area contributed by atoms with Crippen molar-refractivity contribution in [1.29, 1.82) is 0 Å². The summed E-state index contributed by atoms with van der Waals surface area (Å²) in [7, 11) is 4.04. The Labute approximate surface area is 173 Å². The van der Waals surface area contributed by atoms with Gasteiger partial charge in [0.05, 0.1) is 16.3 Å². The summed E-state index contributed by atoms with van der Waals surface area (Å²) in [5.41, 5.74) is 0.762. The highest BCUT2D eigenvalue weighted by Gasteiger charge is 2.26. The summed E-state index contributed by atoms with van der Waals surface area (Å²) in [6.45, 7) is 12.0. The molecule has 2 aromatic rings. The number of carbonyl (C=O) groups excluding carboxylic acids is 2. The molecule has 2 rings (SSSR count). The molecule has 0 aliphatic rings. The minimum atomic E-state index is -0.600. The van der Waals surface area contributed by atoms with Gasteiger partial charge in [0.15, 0.2) is 6.73 Å². The average Bonchev–Trinajstić information content (AvgIpc) is 2.95. The van der Waals surface area contributed by atoms with Crippen molar-refractivity contribution in [1.82, 2.24) is 9.47 Å². The normalized spacial score (nSPS) is 12.4. The lowest BCUT2D eigenvalue weighted by Crippen LogP contribution is -2.25. The Morgan fingerprint density at radius 1 is 1.00 bits per heavy atom. The molecule has 1 aromatic heterocycles. The Kier molecular flexibility index (Phi) is 6.78. The Balaban J connectivity index is 2.44. The number of rotatable bonds is 6. The maximum absolute atomic E-state index is 12.5. The summed E-state index contributed by atoms with van der Waals surface area (Å²) >= 11 is 0. The van der Waals surface area contributed by atoms with E-state index >= 15 is 0 Å². The van der Waals surface area contributed by atoms with Crippen LogP contribution in [0.4, 0.5) is 0 Å². The molecule has 6 heteroatoms. The summed E-state index contributed by atoms with van der Waals surface area (Å²) in [6.07, 6.45) is 2.77. The van der Waals surface area contributed by atoms with E-state index in [4.69, 9.17) is 9.47 Å². The zero-order valence-electron chi connectivity index (χ0n) is 19.0. The number of nitrogens with zero attached hydrogens (tertiary/aromatic N) is 2. The van der Waals surface area contributed by atoms with Crippen LogP contribution in [0.25, 0.3) is 10.9 Å². The average molecular weight is 403 g/mol. The molecule has 1 heterocycles. The fourth-order valence-electron chi connectivity index (χ4n) is 2.73. The first kappa shape index (κ1) is 22.9. The van der Waals surface area contributed by atoms with Gasteiger partial charge in [-0.1, -0.05) is 6.07 Å². The molecule has 0 N–H and O–H groups in total. The second-order valence-corrected chi connectivity index (χ2v) is 9.78. The Bertz CT molecular complexity index is 883. The summed E-state index contributed by atoms with van der Waals surface area (Å²) < 4.78 is 13.2. The van der Waals surface area contributed by atoms with Gasteiger partial charge in [-0.3, -0.25) is 9.59 Å². The van der Waals surface area contributed by atoms with Crippen LogP contribution in [0.15, 0.2) is 24.4 Å². The molecular weight excluding hydrogens is 368 g/mol. The van der Waals surface area contributed by atoms with E-state index in [1.165, 1.54) is 0 Å². The fraction of sp³-hybridized carbons (Fsp3) is 0.565. The fourth-order valence-corrected chi connectivity index (χ4v) is 2.73. The van der Waals surface area contributed by atoms with Crippen LogP contribution in [-0.2, 0) is 27.5 Å². The van der Waals surface area contributed by atoms with Crippen LogP contribution in [0.2, 0.25) is 0 Å². The smallest absolute Gasteiger partial charge is 0.316 e. The van der Waals surface area contributed by atoms with Crippen molar-refractivity contribution in [3.63, 3.8) is 0 Å². The molecule has 1 aromatic carbocycles. The highest BCUT2D eigenvalue weighted by Crippen LogP contribution is 2.33. The van der Waals surface area contributed by atoms with Crippen LogP contribution in [0, 0.1) is 10.8 Å². The second kappa shape index (κ2) is 8.57. The van der Waals surface area contributed by atoms with Gasteiger partial charge >= 0.3 is 11.9 Å². The predicted octanol–water partition coefficient (Wildman–Crippen LogP) is 4.24. The molecule has 0 spiro atoms. The molecule has 0 fully saturated rings. The summed E-state index contributed by atoms with van der Waals surface area (Å²) in [6, 6.07) is 5.62. The van der Waals surface area contributed by atoms with Crippen molar-refractivity contribution in [2.45, 2.75) is 54.7 Å². The number of aromatic nitrogens is 1. The highest BCUT2D eigenvalue weighted by molar-refractivity contribution is 5.92. The van der Waals surface area contributed by atoms with Crippen molar-refractivity contribution in [3.8, 4) is 5.75 Å². The maximum Gasteiger partial charge on any atom is 0.316 e. The molecule has 0 amide bonds. The SMILES string of the molecule is CN(C)CCc1cn(COC(=O)C(C)(C)C)c2cccc(OC(=O)C(C)(C)C)c12. The molecular formula is C23H34N2O4. The molecule has 0 saturated heterocycles. The van der Waals surface area contributed by atoms with Gasteiger partial charge in [0.2, 0.25) is 0 Å². The first-order valence-corrected chi connectivity index (χ1v) is 9.95. The molecule has 0 radical (unpaired) electrons. The third-order valence-corrected chi connectivity index (χ3v) is 4.54. The van der Waals surface area contributed by atoms with Crippen LogP contribution in [0.1, 0.15) is 47.1 Å². The van der Waals surface area contributed by atoms with Crippen molar-refractivity contribution in [2.24, 2.45) is 10.8 Å². The first-order chi connectivity index (χ1) is 13.3. The molecule has 0 aliphatic heterocycles. The highest BCUT2D eigenvalue weighted by atomic mass is 16.5. The molecule has 0 unspecified atom stereocenters. The standard InChI is InChI=1S/C23H34N2O4/c1-22(2,3)20(26)28-15-25-14-16(12-13-24(7)8)19-17(25)10-9-11-18(19)29-21(27)23(4,5)6/h9-11,14H,12-13,15H2,1-8H3. The summed E-state index contributed by atoms with van der Waals surface area (Å²) in [5.74, 6) is -0.00273. The molecule has 0 saturated carbocycles. The van der Waals surface area contributed by atoms with Crippen LogP contribution < -0.4 is 4.74 Å². The summed E-state index contributed by atoms with van der Waals surface area (Å²) in [4.78, 5) is 26.8. The van der Waals surface area contributed by atoms with E-state index < -0.39 is 10.8 Å². The third kappa shape index (κ3) is 5.82. The minimum Gasteiger partial charge on any atom is -0.443 e. The van der Waals surface area contributed by atoms with Crippen LogP contribution in [-0.4, -0.2) is 42.0 Å². The largest absolute Gasteiger partial charge is 0.443 e. The van der Waals surface area contributed by atoms with Crippen LogP contribution >= 0.6 is 0 Å². The van der Waals surface area contributed by atoms with E-state index in [1.54, 1.807) is 0 Å². The molecule has 6 nitrogen and oxygen atoms in total. The van der Waals surface area contributed by atoms with E-state index in [-0.39, 0.29) is 18.7 Å². The number of ether oxygens (including phenoxy) is 2. The van der Waals surface area contributed by atoms with Gasteiger partial charge in [-0.15, -0.1) is 0 Å². The minimum absolute atomic E-state index is 0.116. The van der Waals surface area contributed by atoms with Gasteiger partial charge < -0.3 is 18.9 Å². The molecule has 0 atom stereocenters. The topological polar surface area (TPSA) is 60.8 Å². The number of fused-ring (bicyclic) bond motifs is 1. The van der Waals surface area contributed by atoms with Crippen molar-refractivity contribution in [2.75, 3.05) is 20.6 Å². The van der Waals surface area contributed by atoms with Gasteiger partial charge in [-0.25, -0.2) is 0 Å². The number of carbonyl (C=O) groups is 2. The third-order valence-electron chi connectivity index (χ3n) is 4.54. The molecule has 160 valence electrons. The number of esters is 2. The lowest BCUT2D eigenvalue weighted by molar-refractivity contribution is -0.156. The molecule has 0 aliphatic carbocycles. The monoisotopic (exact) mass is 402 g/mol. The van der Waals surface area contributed by atoms with Gasteiger partial charge in [0.25, 0.3) is 0 Å². The van der Waals surface area contributed by atoms with Gasteiger partial charge in [-0.05, 0) is 79.8 Å².